The number of rotatable bonds is 4. The summed E-state index contributed by atoms with van der Waals surface area (Å²) in [6, 6.07) is 4.79. The summed E-state index contributed by atoms with van der Waals surface area (Å²) in [7, 11) is 0. The van der Waals surface area contributed by atoms with Crippen LogP contribution in [-0.2, 0) is 16.0 Å². The van der Waals surface area contributed by atoms with Crippen molar-refractivity contribution in [3.63, 3.8) is 0 Å². The molecule has 1 N–H and O–H groups in total. The molecule has 0 fully saturated rings. The minimum atomic E-state index is -0.342. The number of carbonyl (C=O) groups excluding carboxylic acids is 1. The summed E-state index contributed by atoms with van der Waals surface area (Å²) in [6.45, 7) is 1.35. The monoisotopic (exact) mass is 306 g/mol. The van der Waals surface area contributed by atoms with Crippen molar-refractivity contribution >= 4 is 33.5 Å². The second kappa shape index (κ2) is 6.11. The number of ether oxygens (including phenoxy) is 1. The Morgan fingerprint density at radius 1 is 1.62 bits per heavy atom. The molecule has 0 saturated heterocycles. The minimum absolute atomic E-state index is 0.155. The number of aromatic hydroxyl groups is 1. The summed E-state index contributed by atoms with van der Waals surface area (Å²) in [5, 5.41) is 10.7. The maximum atomic E-state index is 10.8. The molecule has 3 nitrogen and oxygen atoms in total. The van der Waals surface area contributed by atoms with Gasteiger partial charge >= 0.3 is 5.97 Å². The van der Waals surface area contributed by atoms with Crippen LogP contribution in [0.25, 0.3) is 0 Å². The number of phenols is 1. The summed E-state index contributed by atoms with van der Waals surface area (Å²) < 4.78 is 5.06. The van der Waals surface area contributed by atoms with Crippen LogP contribution in [0.4, 0.5) is 0 Å². The van der Waals surface area contributed by atoms with Gasteiger partial charge in [-0.25, -0.2) is 0 Å². The first-order valence-corrected chi connectivity index (χ1v) is 6.23. The molecule has 0 spiro atoms. The topological polar surface area (TPSA) is 46.5 Å². The number of hydrogen-bond acceptors (Lipinski definition) is 3. The fourth-order valence-electron chi connectivity index (χ4n) is 1.33. The van der Waals surface area contributed by atoms with Gasteiger partial charge in [-0.15, -0.1) is 0 Å². The third-order valence-corrected chi connectivity index (χ3v) is 2.95. The van der Waals surface area contributed by atoms with E-state index in [1.54, 1.807) is 12.1 Å². The van der Waals surface area contributed by atoms with E-state index in [0.717, 1.165) is 0 Å². The molecule has 88 valence electrons. The smallest absolute Gasteiger partial charge is 0.302 e. The number of hydrogen-bond donors (Lipinski definition) is 1. The molecule has 1 aromatic rings. The average molecular weight is 308 g/mol. The lowest BCUT2D eigenvalue weighted by Gasteiger charge is -2.15. The van der Waals surface area contributed by atoms with Crippen LogP contribution in [0.15, 0.2) is 18.2 Å². The van der Waals surface area contributed by atoms with Gasteiger partial charge in [-0.3, -0.25) is 4.79 Å². The van der Waals surface area contributed by atoms with Gasteiger partial charge in [0.1, 0.15) is 11.9 Å². The summed E-state index contributed by atoms with van der Waals surface area (Å²) >= 11 is 9.07. The molecule has 0 amide bonds. The Kier molecular flexibility index (Phi) is 5.09. The second-order valence-electron chi connectivity index (χ2n) is 3.36. The molecule has 1 atom stereocenters. The first-order valence-electron chi connectivity index (χ1n) is 4.73. The van der Waals surface area contributed by atoms with Crippen molar-refractivity contribution in [2.75, 3.05) is 5.33 Å². The lowest BCUT2D eigenvalue weighted by Crippen LogP contribution is -2.20. The molecule has 1 aromatic carbocycles. The Morgan fingerprint density at radius 3 is 2.88 bits per heavy atom. The van der Waals surface area contributed by atoms with Crippen LogP contribution in [0.3, 0.4) is 0 Å². The lowest BCUT2D eigenvalue weighted by molar-refractivity contribution is -0.145. The first kappa shape index (κ1) is 13.3. The van der Waals surface area contributed by atoms with Gasteiger partial charge in [0.2, 0.25) is 0 Å². The molecule has 1 unspecified atom stereocenters. The van der Waals surface area contributed by atoms with Crippen molar-refractivity contribution in [3.8, 4) is 5.75 Å². The third-order valence-electron chi connectivity index (χ3n) is 1.99. The van der Waals surface area contributed by atoms with E-state index >= 15 is 0 Å². The van der Waals surface area contributed by atoms with Crippen LogP contribution >= 0.6 is 27.5 Å². The number of alkyl halides is 1. The molecular formula is C11H12BrClO3. The summed E-state index contributed by atoms with van der Waals surface area (Å²) in [5.41, 5.74) is 0.665. The number of esters is 1. The third kappa shape index (κ3) is 4.02. The molecular weight excluding hydrogens is 295 g/mol. The molecule has 16 heavy (non-hydrogen) atoms. The van der Waals surface area contributed by atoms with Crippen molar-refractivity contribution in [1.29, 1.82) is 0 Å². The zero-order valence-corrected chi connectivity index (χ0v) is 11.1. The Morgan fingerprint density at radius 2 is 2.31 bits per heavy atom. The van der Waals surface area contributed by atoms with Crippen molar-refractivity contribution in [2.24, 2.45) is 0 Å². The Bertz CT molecular complexity index is 381. The highest BCUT2D eigenvalue weighted by atomic mass is 79.9. The van der Waals surface area contributed by atoms with Crippen molar-refractivity contribution in [1.82, 2.24) is 0 Å². The van der Waals surface area contributed by atoms with Crippen LogP contribution in [0, 0.1) is 0 Å². The second-order valence-corrected chi connectivity index (χ2v) is 4.45. The van der Waals surface area contributed by atoms with Crippen LogP contribution in [0.2, 0.25) is 5.02 Å². The summed E-state index contributed by atoms with van der Waals surface area (Å²) in [5.74, 6) is -0.187. The zero-order valence-electron chi connectivity index (χ0n) is 8.74. The fraction of sp³-hybridized carbons (Fsp3) is 0.364. The largest absolute Gasteiger partial charge is 0.508 e. The summed E-state index contributed by atoms with van der Waals surface area (Å²) in [4.78, 5) is 10.8. The molecule has 0 aromatic heterocycles. The van der Waals surface area contributed by atoms with E-state index in [1.165, 1.54) is 13.0 Å². The predicted octanol–water partition coefficient (Wildman–Crippen LogP) is 2.91. The predicted molar refractivity (Wildman–Crippen MR) is 66.2 cm³/mol. The zero-order chi connectivity index (χ0) is 12.1. The van der Waals surface area contributed by atoms with Crippen LogP contribution in [0.5, 0.6) is 5.75 Å². The molecule has 0 aliphatic heterocycles. The van der Waals surface area contributed by atoms with E-state index in [9.17, 15) is 9.90 Å². The highest BCUT2D eigenvalue weighted by molar-refractivity contribution is 9.09. The van der Waals surface area contributed by atoms with Crippen LogP contribution in [0.1, 0.15) is 12.5 Å². The molecule has 0 aliphatic carbocycles. The Hall–Kier alpha value is -0.740. The van der Waals surface area contributed by atoms with Crippen molar-refractivity contribution < 1.29 is 14.6 Å². The quantitative estimate of drug-likeness (QED) is 0.687. The van der Waals surface area contributed by atoms with Gasteiger partial charge in [-0.2, -0.15) is 0 Å². The van der Waals surface area contributed by atoms with Gasteiger partial charge < -0.3 is 9.84 Å². The minimum Gasteiger partial charge on any atom is -0.508 e. The van der Waals surface area contributed by atoms with Crippen molar-refractivity contribution in [3.05, 3.63) is 28.8 Å². The van der Waals surface area contributed by atoms with Crippen molar-refractivity contribution in [2.45, 2.75) is 19.4 Å². The maximum absolute atomic E-state index is 10.8. The lowest BCUT2D eigenvalue weighted by atomic mass is 10.1. The number of carbonyl (C=O) groups is 1. The highest BCUT2D eigenvalue weighted by Crippen LogP contribution is 2.23. The first-order chi connectivity index (χ1) is 7.52. The molecule has 0 aliphatic rings. The SMILES string of the molecule is CC(=O)OC(CBr)Cc1cc(Cl)ccc1O. The standard InChI is InChI=1S/C11H12BrClO3/c1-7(14)16-10(6-12)5-8-4-9(13)2-3-11(8)15/h2-4,10,15H,5-6H2,1H3. The van der Waals surface area contributed by atoms with Gasteiger partial charge in [0.15, 0.2) is 0 Å². The highest BCUT2D eigenvalue weighted by Gasteiger charge is 2.14. The van der Waals surface area contributed by atoms with Gasteiger partial charge in [0.25, 0.3) is 0 Å². The molecule has 0 radical (unpaired) electrons. The molecule has 0 heterocycles. The summed E-state index contributed by atoms with van der Waals surface area (Å²) in [6.07, 6.45) is 0.124. The molecule has 0 bridgehead atoms. The normalized spacial score (nSPS) is 12.2. The average Bonchev–Trinajstić information content (AvgIpc) is 2.21. The van der Waals surface area contributed by atoms with E-state index < -0.39 is 0 Å². The van der Waals surface area contributed by atoms with Gasteiger partial charge in [-0.05, 0) is 23.8 Å². The van der Waals surface area contributed by atoms with Crippen LogP contribution in [-0.4, -0.2) is 22.5 Å². The Balaban J connectivity index is 2.77. The Labute approximate surface area is 107 Å². The van der Waals surface area contributed by atoms with E-state index in [-0.39, 0.29) is 17.8 Å². The van der Waals surface area contributed by atoms with Gasteiger partial charge in [0.05, 0.1) is 0 Å². The van der Waals surface area contributed by atoms with Gasteiger partial charge in [-0.1, -0.05) is 27.5 Å². The molecule has 5 heteroatoms. The van der Waals surface area contributed by atoms with E-state index in [0.29, 0.717) is 22.3 Å². The number of phenolic OH excluding ortho intramolecular Hbond substituents is 1. The van der Waals surface area contributed by atoms with E-state index in [1.807, 2.05) is 0 Å². The molecule has 1 rings (SSSR count). The maximum Gasteiger partial charge on any atom is 0.302 e. The van der Waals surface area contributed by atoms with Crippen LogP contribution < -0.4 is 0 Å². The molecule has 0 saturated carbocycles. The number of benzene rings is 1. The van der Waals surface area contributed by atoms with Gasteiger partial charge in [0, 0.05) is 23.7 Å². The number of halogens is 2. The fourth-order valence-corrected chi connectivity index (χ4v) is 1.88. The van der Waals surface area contributed by atoms with E-state index in [2.05, 4.69) is 15.9 Å². The van der Waals surface area contributed by atoms with E-state index in [4.69, 9.17) is 16.3 Å².